The molecule has 4 bridgehead atoms. The van der Waals surface area contributed by atoms with Gasteiger partial charge < -0.3 is 30.6 Å². The molecule has 7 rings (SSSR count). The molecule has 1 aromatic heterocycles. The summed E-state index contributed by atoms with van der Waals surface area (Å²) in [6, 6.07) is -2.07. The molecule has 0 unspecified atom stereocenters. The lowest BCUT2D eigenvalue weighted by Crippen LogP contribution is -2.58. The fraction of sp³-hybridized carbons (Fsp3) is 0.667. The number of piperidine rings is 6. The molecule has 36 heavy (non-hydrogen) atoms. The third kappa shape index (κ3) is 4.92. The van der Waals surface area contributed by atoms with Crippen molar-refractivity contribution in [1.82, 2.24) is 30.4 Å². The molecule has 4 atom stereocenters. The van der Waals surface area contributed by atoms with Crippen LogP contribution in [0.3, 0.4) is 0 Å². The van der Waals surface area contributed by atoms with Crippen LogP contribution in [-0.2, 0) is 9.59 Å². The average molecular weight is 501 g/mol. The molecule has 7 heterocycles. The number of carbonyl (C=O) groups excluding carboxylic acids is 2. The first-order valence-electron chi connectivity index (χ1n) is 12.6. The molecule has 2 amide bonds. The second kappa shape index (κ2) is 10.1. The Labute approximate surface area is 208 Å². The Bertz CT molecular complexity index is 937. The number of carboxylic acids is 2. The standard InChI is InChI=1S/C24H32N6O6/c31-21(27-19(23(33)34)15-11-29-5-1-13(15)2-6-29)17-9-26-18(10-25-17)22(32)28-20(24(35)36)16-12-30-7-3-14(16)4-8-30/h9-10,13-16,19-20H,1-8,11-12H2,(H,27,31)(H,28,32)(H,33,34)(H,35,36)/t15-,16-,19+,20+/m0/s1. The average Bonchev–Trinajstić information content (AvgIpc) is 2.91. The molecule has 1 aromatic rings. The minimum absolute atomic E-state index is 0.105. The maximum absolute atomic E-state index is 12.8. The van der Waals surface area contributed by atoms with Gasteiger partial charge in [-0.25, -0.2) is 19.6 Å². The molecule has 6 aliphatic heterocycles. The lowest BCUT2D eigenvalue weighted by Gasteiger charge is -2.46. The SMILES string of the molecule is O=C(N[C@@H](C(=O)O)[C@H]1CN2CCC1CC2)c1cnc(C(=O)N[C@@H](C(=O)O)[C@H]2CN3CCC2CC3)cn1. The second-order valence-electron chi connectivity index (χ2n) is 10.5. The zero-order valence-electron chi connectivity index (χ0n) is 20.0. The van der Waals surface area contributed by atoms with Crippen LogP contribution < -0.4 is 10.6 Å². The number of aliphatic carboxylic acids is 2. The highest BCUT2D eigenvalue weighted by Gasteiger charge is 2.43. The van der Waals surface area contributed by atoms with E-state index in [1.54, 1.807) is 0 Å². The Morgan fingerprint density at radius 1 is 0.722 bits per heavy atom. The van der Waals surface area contributed by atoms with Crippen molar-refractivity contribution in [1.29, 1.82) is 0 Å². The van der Waals surface area contributed by atoms with Crippen molar-refractivity contribution in [3.63, 3.8) is 0 Å². The van der Waals surface area contributed by atoms with Gasteiger partial charge in [-0.3, -0.25) is 9.59 Å². The van der Waals surface area contributed by atoms with Crippen LogP contribution in [0, 0.1) is 23.7 Å². The van der Waals surface area contributed by atoms with Gasteiger partial charge in [-0.2, -0.15) is 0 Å². The molecule has 6 fully saturated rings. The monoisotopic (exact) mass is 500 g/mol. The smallest absolute Gasteiger partial charge is 0.326 e. The van der Waals surface area contributed by atoms with Gasteiger partial charge in [0.2, 0.25) is 0 Å². The van der Waals surface area contributed by atoms with Crippen molar-refractivity contribution in [2.45, 2.75) is 37.8 Å². The summed E-state index contributed by atoms with van der Waals surface area (Å²) in [5, 5.41) is 24.7. The number of nitrogens with one attached hydrogen (secondary N) is 2. The molecule has 194 valence electrons. The van der Waals surface area contributed by atoms with Gasteiger partial charge in [-0.1, -0.05) is 0 Å². The number of nitrogens with zero attached hydrogens (tertiary/aromatic N) is 4. The topological polar surface area (TPSA) is 165 Å². The van der Waals surface area contributed by atoms with Gasteiger partial charge in [0.25, 0.3) is 11.8 Å². The zero-order valence-corrected chi connectivity index (χ0v) is 20.0. The van der Waals surface area contributed by atoms with E-state index in [1.807, 2.05) is 0 Å². The number of rotatable bonds is 8. The third-order valence-electron chi connectivity index (χ3n) is 8.49. The van der Waals surface area contributed by atoms with Gasteiger partial charge in [0.1, 0.15) is 23.5 Å². The van der Waals surface area contributed by atoms with E-state index < -0.39 is 35.8 Å². The van der Waals surface area contributed by atoms with E-state index in [2.05, 4.69) is 30.4 Å². The molecule has 0 aromatic carbocycles. The number of fused-ring (bicyclic) bond motifs is 6. The number of hydrogen-bond donors (Lipinski definition) is 4. The molecule has 12 nitrogen and oxygen atoms in total. The fourth-order valence-corrected chi connectivity index (χ4v) is 6.47. The predicted molar refractivity (Wildman–Crippen MR) is 125 cm³/mol. The first-order valence-corrected chi connectivity index (χ1v) is 12.6. The van der Waals surface area contributed by atoms with E-state index in [0.29, 0.717) is 13.1 Å². The fourth-order valence-electron chi connectivity index (χ4n) is 6.47. The second-order valence-corrected chi connectivity index (χ2v) is 10.5. The first-order chi connectivity index (χ1) is 17.3. The van der Waals surface area contributed by atoms with E-state index in [0.717, 1.165) is 64.3 Å². The van der Waals surface area contributed by atoms with Crippen molar-refractivity contribution in [2.75, 3.05) is 39.3 Å². The Balaban J connectivity index is 1.22. The van der Waals surface area contributed by atoms with Gasteiger partial charge in [0, 0.05) is 24.9 Å². The van der Waals surface area contributed by atoms with Crippen LogP contribution in [0.2, 0.25) is 0 Å². The van der Waals surface area contributed by atoms with E-state index in [-0.39, 0.29) is 35.1 Å². The Morgan fingerprint density at radius 2 is 1.08 bits per heavy atom. The summed E-state index contributed by atoms with van der Waals surface area (Å²) in [6.45, 7) is 5.10. The van der Waals surface area contributed by atoms with E-state index in [4.69, 9.17) is 0 Å². The summed E-state index contributed by atoms with van der Waals surface area (Å²) >= 11 is 0. The summed E-state index contributed by atoms with van der Waals surface area (Å²) in [6.07, 6.45) is 5.92. The van der Waals surface area contributed by atoms with Crippen molar-refractivity contribution in [2.24, 2.45) is 23.7 Å². The highest BCUT2D eigenvalue weighted by molar-refractivity contribution is 5.97. The van der Waals surface area contributed by atoms with Crippen LogP contribution in [-0.4, -0.2) is 105 Å². The minimum atomic E-state index is -1.08. The summed E-state index contributed by atoms with van der Waals surface area (Å²) < 4.78 is 0. The third-order valence-corrected chi connectivity index (χ3v) is 8.49. The molecule has 0 spiro atoms. The molecule has 0 aliphatic carbocycles. The van der Waals surface area contributed by atoms with E-state index >= 15 is 0 Å². The maximum atomic E-state index is 12.8. The summed E-state index contributed by atoms with van der Waals surface area (Å²) in [5.41, 5.74) is -0.211. The summed E-state index contributed by atoms with van der Waals surface area (Å²) in [4.78, 5) is 61.9. The molecule has 6 saturated heterocycles. The Hall–Kier alpha value is -3.12. The van der Waals surface area contributed by atoms with Gasteiger partial charge in [-0.15, -0.1) is 0 Å². The van der Waals surface area contributed by atoms with Crippen LogP contribution >= 0.6 is 0 Å². The predicted octanol–water partition coefficient (Wildman–Crippen LogP) is -0.474. The number of aromatic nitrogens is 2. The van der Waals surface area contributed by atoms with Crippen LogP contribution in [0.25, 0.3) is 0 Å². The van der Waals surface area contributed by atoms with E-state index in [1.165, 1.54) is 0 Å². The summed E-state index contributed by atoms with van der Waals surface area (Å²) in [5.74, 6) is -3.35. The molecule has 0 saturated carbocycles. The molecular formula is C24H32N6O6. The highest BCUT2D eigenvalue weighted by Crippen LogP contribution is 2.35. The van der Waals surface area contributed by atoms with E-state index in [9.17, 15) is 29.4 Å². The first kappa shape index (κ1) is 24.6. The zero-order chi connectivity index (χ0) is 25.4. The maximum Gasteiger partial charge on any atom is 0.326 e. The highest BCUT2D eigenvalue weighted by atomic mass is 16.4. The normalized spacial score (nSPS) is 32.3. The minimum Gasteiger partial charge on any atom is -0.480 e. The lowest BCUT2D eigenvalue weighted by atomic mass is 9.75. The van der Waals surface area contributed by atoms with Crippen LogP contribution in [0.1, 0.15) is 46.7 Å². The van der Waals surface area contributed by atoms with Crippen LogP contribution in [0.5, 0.6) is 0 Å². The Morgan fingerprint density at radius 3 is 1.33 bits per heavy atom. The van der Waals surface area contributed by atoms with Crippen LogP contribution in [0.15, 0.2) is 12.4 Å². The quantitative estimate of drug-likeness (QED) is 0.366. The molecule has 4 N–H and O–H groups in total. The van der Waals surface area contributed by atoms with Gasteiger partial charge in [0.05, 0.1) is 12.4 Å². The van der Waals surface area contributed by atoms with Crippen molar-refractivity contribution >= 4 is 23.8 Å². The van der Waals surface area contributed by atoms with Crippen molar-refractivity contribution < 1.29 is 29.4 Å². The number of carboxylic acid groups (broad SMARTS) is 2. The summed E-state index contributed by atoms with van der Waals surface area (Å²) in [7, 11) is 0. The number of carbonyl (C=O) groups is 4. The van der Waals surface area contributed by atoms with Crippen molar-refractivity contribution in [3.8, 4) is 0 Å². The molecule has 0 radical (unpaired) electrons. The lowest BCUT2D eigenvalue weighted by molar-refractivity contribution is -0.143. The number of hydrogen-bond acceptors (Lipinski definition) is 8. The Kier molecular flexibility index (Phi) is 6.89. The molecule has 6 aliphatic rings. The van der Waals surface area contributed by atoms with Gasteiger partial charge in [-0.05, 0) is 63.7 Å². The largest absolute Gasteiger partial charge is 0.480 e. The van der Waals surface area contributed by atoms with Gasteiger partial charge in [0.15, 0.2) is 0 Å². The van der Waals surface area contributed by atoms with Crippen LogP contribution in [0.4, 0.5) is 0 Å². The molecule has 12 heteroatoms. The van der Waals surface area contributed by atoms with Gasteiger partial charge >= 0.3 is 11.9 Å². The number of amides is 2. The molecular weight excluding hydrogens is 468 g/mol. The van der Waals surface area contributed by atoms with Crippen molar-refractivity contribution in [3.05, 3.63) is 23.8 Å².